The van der Waals surface area contributed by atoms with Gasteiger partial charge >= 0.3 is 0 Å². The number of hydrogen-bond donors (Lipinski definition) is 1. The minimum Gasteiger partial charge on any atom is -0.316 e. The normalized spacial score (nSPS) is 13.3. The Balaban J connectivity index is 2.01. The van der Waals surface area contributed by atoms with Crippen molar-refractivity contribution in [3.63, 3.8) is 0 Å². The molecule has 104 valence electrons. The van der Waals surface area contributed by atoms with E-state index in [1.807, 2.05) is 11.7 Å². The molecule has 3 nitrogen and oxygen atoms in total. The average molecular weight is 259 g/mol. The fraction of sp³-hybridized carbons (Fsp3) is 0.562. The zero-order valence-corrected chi connectivity index (χ0v) is 12.5. The van der Waals surface area contributed by atoms with E-state index in [0.29, 0.717) is 11.8 Å². The van der Waals surface area contributed by atoms with Crippen molar-refractivity contribution >= 4 is 10.9 Å². The molecule has 1 aromatic heterocycles. The van der Waals surface area contributed by atoms with Crippen LogP contribution in [0.25, 0.3) is 10.9 Å². The Kier molecular flexibility index (Phi) is 4.59. The highest BCUT2D eigenvalue weighted by molar-refractivity contribution is 5.81. The number of benzene rings is 1. The first-order valence-corrected chi connectivity index (χ1v) is 7.19. The van der Waals surface area contributed by atoms with E-state index in [2.05, 4.69) is 55.5 Å². The Labute approximate surface area is 116 Å². The lowest BCUT2D eigenvalue weighted by Crippen LogP contribution is -2.26. The SMILES string of the molecule is CC(C)CNCC(C)Cc1nn(C)c2ccccc12. The molecule has 0 radical (unpaired) electrons. The van der Waals surface area contributed by atoms with Crippen LogP contribution in [0.15, 0.2) is 24.3 Å². The highest BCUT2D eigenvalue weighted by Gasteiger charge is 2.11. The van der Waals surface area contributed by atoms with Crippen LogP contribution in [0.2, 0.25) is 0 Å². The molecule has 0 aliphatic rings. The van der Waals surface area contributed by atoms with E-state index in [1.165, 1.54) is 16.6 Å². The molecule has 0 amide bonds. The number of fused-ring (bicyclic) bond motifs is 1. The van der Waals surface area contributed by atoms with Crippen molar-refractivity contribution in [3.8, 4) is 0 Å². The second-order valence-electron chi connectivity index (χ2n) is 5.95. The topological polar surface area (TPSA) is 29.9 Å². The summed E-state index contributed by atoms with van der Waals surface area (Å²) in [4.78, 5) is 0. The molecule has 3 heteroatoms. The van der Waals surface area contributed by atoms with Crippen LogP contribution in [0, 0.1) is 11.8 Å². The van der Waals surface area contributed by atoms with Gasteiger partial charge in [-0.3, -0.25) is 4.68 Å². The summed E-state index contributed by atoms with van der Waals surface area (Å²) in [5, 5.41) is 9.48. The Morgan fingerprint density at radius 1 is 1.16 bits per heavy atom. The monoisotopic (exact) mass is 259 g/mol. The van der Waals surface area contributed by atoms with Gasteiger partial charge in [-0.2, -0.15) is 5.10 Å². The molecular weight excluding hydrogens is 234 g/mol. The number of aryl methyl sites for hydroxylation is 1. The number of para-hydroxylation sites is 1. The number of nitrogens with one attached hydrogen (secondary N) is 1. The third kappa shape index (κ3) is 3.57. The summed E-state index contributed by atoms with van der Waals surface area (Å²) in [5.74, 6) is 1.32. The fourth-order valence-electron chi connectivity index (χ4n) is 2.46. The molecule has 1 unspecified atom stereocenters. The largest absolute Gasteiger partial charge is 0.316 e. The minimum atomic E-state index is 0.608. The third-order valence-electron chi connectivity index (χ3n) is 3.42. The molecule has 1 aromatic carbocycles. The van der Waals surface area contributed by atoms with Gasteiger partial charge in [-0.15, -0.1) is 0 Å². The molecule has 0 saturated heterocycles. The van der Waals surface area contributed by atoms with E-state index in [-0.39, 0.29) is 0 Å². The van der Waals surface area contributed by atoms with Crippen molar-refractivity contribution in [1.29, 1.82) is 0 Å². The summed E-state index contributed by atoms with van der Waals surface area (Å²) in [6.45, 7) is 8.92. The van der Waals surface area contributed by atoms with Crippen LogP contribution in [0.3, 0.4) is 0 Å². The van der Waals surface area contributed by atoms with E-state index >= 15 is 0 Å². The van der Waals surface area contributed by atoms with Gasteiger partial charge in [-0.1, -0.05) is 39.0 Å². The van der Waals surface area contributed by atoms with Gasteiger partial charge in [0.15, 0.2) is 0 Å². The number of rotatable bonds is 6. The van der Waals surface area contributed by atoms with E-state index in [9.17, 15) is 0 Å². The van der Waals surface area contributed by atoms with Gasteiger partial charge < -0.3 is 5.32 Å². The lowest BCUT2D eigenvalue weighted by Gasteiger charge is -2.13. The first kappa shape index (κ1) is 14.1. The molecule has 1 atom stereocenters. The minimum absolute atomic E-state index is 0.608. The molecule has 0 bridgehead atoms. The van der Waals surface area contributed by atoms with Crippen LogP contribution in [0.5, 0.6) is 0 Å². The summed E-state index contributed by atoms with van der Waals surface area (Å²) in [7, 11) is 2.02. The van der Waals surface area contributed by atoms with Crippen LogP contribution < -0.4 is 5.32 Å². The third-order valence-corrected chi connectivity index (χ3v) is 3.42. The quantitative estimate of drug-likeness (QED) is 0.864. The van der Waals surface area contributed by atoms with Crippen molar-refractivity contribution in [2.45, 2.75) is 27.2 Å². The summed E-state index contributed by atoms with van der Waals surface area (Å²) < 4.78 is 1.99. The van der Waals surface area contributed by atoms with Crippen molar-refractivity contribution in [2.75, 3.05) is 13.1 Å². The lowest BCUT2D eigenvalue weighted by atomic mass is 10.0. The molecule has 0 spiro atoms. The molecule has 2 aromatic rings. The highest BCUT2D eigenvalue weighted by atomic mass is 15.3. The fourth-order valence-corrected chi connectivity index (χ4v) is 2.46. The predicted octanol–water partition coefficient (Wildman–Crippen LogP) is 3.00. The van der Waals surface area contributed by atoms with E-state index < -0.39 is 0 Å². The van der Waals surface area contributed by atoms with Crippen LogP contribution in [0.1, 0.15) is 26.5 Å². The highest BCUT2D eigenvalue weighted by Crippen LogP contribution is 2.19. The Hall–Kier alpha value is -1.35. The molecular formula is C16H25N3. The number of nitrogens with zero attached hydrogens (tertiary/aromatic N) is 2. The second kappa shape index (κ2) is 6.20. The molecule has 0 aliphatic carbocycles. The summed E-state index contributed by atoms with van der Waals surface area (Å²) >= 11 is 0. The summed E-state index contributed by atoms with van der Waals surface area (Å²) in [6, 6.07) is 8.47. The Bertz CT molecular complexity index is 528. The Morgan fingerprint density at radius 2 is 1.89 bits per heavy atom. The molecule has 1 N–H and O–H groups in total. The van der Waals surface area contributed by atoms with Crippen LogP contribution in [-0.4, -0.2) is 22.9 Å². The van der Waals surface area contributed by atoms with Crippen LogP contribution in [-0.2, 0) is 13.5 Å². The molecule has 0 fully saturated rings. The van der Waals surface area contributed by atoms with Gasteiger partial charge in [0.1, 0.15) is 0 Å². The first-order valence-electron chi connectivity index (χ1n) is 7.19. The smallest absolute Gasteiger partial charge is 0.0706 e. The van der Waals surface area contributed by atoms with Crippen molar-refractivity contribution in [3.05, 3.63) is 30.0 Å². The standard InChI is InChI=1S/C16H25N3/c1-12(2)10-17-11-13(3)9-15-14-7-5-6-8-16(14)19(4)18-15/h5-8,12-13,17H,9-11H2,1-4H3. The molecule has 0 saturated carbocycles. The van der Waals surface area contributed by atoms with Crippen LogP contribution in [0.4, 0.5) is 0 Å². The molecule has 2 rings (SSSR count). The first-order chi connectivity index (χ1) is 9.08. The maximum Gasteiger partial charge on any atom is 0.0706 e. The zero-order valence-electron chi connectivity index (χ0n) is 12.5. The molecule has 19 heavy (non-hydrogen) atoms. The van der Waals surface area contributed by atoms with Gasteiger partial charge in [0.05, 0.1) is 11.2 Å². The average Bonchev–Trinajstić information content (AvgIpc) is 2.66. The van der Waals surface area contributed by atoms with E-state index in [1.54, 1.807) is 0 Å². The second-order valence-corrected chi connectivity index (χ2v) is 5.95. The number of hydrogen-bond acceptors (Lipinski definition) is 2. The van der Waals surface area contributed by atoms with Gasteiger partial charge in [0.25, 0.3) is 0 Å². The van der Waals surface area contributed by atoms with E-state index in [0.717, 1.165) is 19.5 Å². The predicted molar refractivity (Wildman–Crippen MR) is 81.3 cm³/mol. The lowest BCUT2D eigenvalue weighted by molar-refractivity contribution is 0.470. The zero-order chi connectivity index (χ0) is 13.8. The summed E-state index contributed by atoms with van der Waals surface area (Å²) in [5.41, 5.74) is 2.44. The maximum absolute atomic E-state index is 4.66. The van der Waals surface area contributed by atoms with Crippen molar-refractivity contribution in [2.24, 2.45) is 18.9 Å². The number of aromatic nitrogens is 2. The van der Waals surface area contributed by atoms with Gasteiger partial charge in [-0.05, 0) is 37.4 Å². The molecule has 1 heterocycles. The van der Waals surface area contributed by atoms with Gasteiger partial charge in [0.2, 0.25) is 0 Å². The van der Waals surface area contributed by atoms with E-state index in [4.69, 9.17) is 0 Å². The van der Waals surface area contributed by atoms with Crippen molar-refractivity contribution in [1.82, 2.24) is 15.1 Å². The molecule has 0 aliphatic heterocycles. The van der Waals surface area contributed by atoms with Crippen LogP contribution >= 0.6 is 0 Å². The van der Waals surface area contributed by atoms with Gasteiger partial charge in [-0.25, -0.2) is 0 Å². The Morgan fingerprint density at radius 3 is 2.63 bits per heavy atom. The van der Waals surface area contributed by atoms with Crippen molar-refractivity contribution < 1.29 is 0 Å². The summed E-state index contributed by atoms with van der Waals surface area (Å²) in [6.07, 6.45) is 1.03. The maximum atomic E-state index is 4.66. The van der Waals surface area contributed by atoms with Gasteiger partial charge in [0, 0.05) is 12.4 Å².